The summed E-state index contributed by atoms with van der Waals surface area (Å²) in [5, 5.41) is 6.61. The lowest BCUT2D eigenvalue weighted by Crippen LogP contribution is -2.35. The molecule has 1 aromatic rings. The van der Waals surface area contributed by atoms with Crippen LogP contribution in [0.25, 0.3) is 0 Å². The third kappa shape index (κ3) is 4.31. The third-order valence-electron chi connectivity index (χ3n) is 2.83. The Morgan fingerprint density at radius 1 is 1.33 bits per heavy atom. The quantitative estimate of drug-likeness (QED) is 0.778. The largest absolute Gasteiger partial charge is 0.354 e. The van der Waals surface area contributed by atoms with Crippen molar-refractivity contribution in [1.29, 1.82) is 0 Å². The predicted octanol–water partition coefficient (Wildman–Crippen LogP) is 2.42. The molecule has 0 bridgehead atoms. The van der Waals surface area contributed by atoms with E-state index in [-0.39, 0.29) is 17.7 Å². The van der Waals surface area contributed by atoms with Crippen molar-refractivity contribution in [3.05, 3.63) is 34.9 Å². The maximum absolute atomic E-state index is 12.2. The molecule has 4 heteroatoms. The standard InChI is InChI=1S/C14H21ClN2O/c1-10(2)13(14(18)17-8-7-16-3)11-5-4-6-12(15)9-11/h4-6,9-10,13,16H,7-8H2,1-3H3,(H,17,18). The SMILES string of the molecule is CNCCNC(=O)C(c1cccc(Cl)c1)C(C)C. The lowest BCUT2D eigenvalue weighted by Gasteiger charge is -2.21. The Labute approximate surface area is 114 Å². The second-order valence-corrected chi connectivity index (χ2v) is 5.11. The monoisotopic (exact) mass is 268 g/mol. The molecule has 0 radical (unpaired) electrons. The minimum Gasteiger partial charge on any atom is -0.354 e. The zero-order valence-electron chi connectivity index (χ0n) is 11.2. The summed E-state index contributed by atoms with van der Waals surface area (Å²) in [6.07, 6.45) is 0. The van der Waals surface area contributed by atoms with Crippen molar-refractivity contribution in [3.8, 4) is 0 Å². The molecule has 0 aliphatic rings. The van der Waals surface area contributed by atoms with Gasteiger partial charge in [0, 0.05) is 18.1 Å². The van der Waals surface area contributed by atoms with Gasteiger partial charge in [-0.05, 0) is 30.7 Å². The fourth-order valence-electron chi connectivity index (χ4n) is 1.96. The van der Waals surface area contributed by atoms with E-state index in [1.807, 2.05) is 45.2 Å². The molecule has 18 heavy (non-hydrogen) atoms. The van der Waals surface area contributed by atoms with Crippen LogP contribution in [0.15, 0.2) is 24.3 Å². The van der Waals surface area contributed by atoms with E-state index in [4.69, 9.17) is 11.6 Å². The lowest BCUT2D eigenvalue weighted by atomic mass is 9.87. The first-order chi connectivity index (χ1) is 8.56. The van der Waals surface area contributed by atoms with Crippen LogP contribution in [-0.2, 0) is 4.79 Å². The fraction of sp³-hybridized carbons (Fsp3) is 0.500. The molecule has 1 amide bonds. The molecule has 1 atom stereocenters. The molecular weight excluding hydrogens is 248 g/mol. The zero-order chi connectivity index (χ0) is 13.5. The first-order valence-corrected chi connectivity index (χ1v) is 6.61. The number of nitrogens with one attached hydrogen (secondary N) is 2. The van der Waals surface area contributed by atoms with Gasteiger partial charge in [0.05, 0.1) is 5.92 Å². The molecule has 100 valence electrons. The zero-order valence-corrected chi connectivity index (χ0v) is 11.9. The van der Waals surface area contributed by atoms with Gasteiger partial charge in [-0.1, -0.05) is 37.6 Å². The molecule has 0 aromatic heterocycles. The first kappa shape index (κ1) is 15.0. The number of benzene rings is 1. The number of carbonyl (C=O) groups excluding carboxylic acids is 1. The fourth-order valence-corrected chi connectivity index (χ4v) is 2.16. The highest BCUT2D eigenvalue weighted by molar-refractivity contribution is 6.30. The van der Waals surface area contributed by atoms with Gasteiger partial charge in [-0.15, -0.1) is 0 Å². The van der Waals surface area contributed by atoms with Gasteiger partial charge in [0.2, 0.25) is 5.91 Å². The summed E-state index contributed by atoms with van der Waals surface area (Å²) in [4.78, 5) is 12.2. The van der Waals surface area contributed by atoms with Crippen LogP contribution in [0.2, 0.25) is 5.02 Å². The normalized spacial score (nSPS) is 12.5. The van der Waals surface area contributed by atoms with Crippen LogP contribution < -0.4 is 10.6 Å². The van der Waals surface area contributed by atoms with E-state index in [0.29, 0.717) is 11.6 Å². The summed E-state index contributed by atoms with van der Waals surface area (Å²) >= 11 is 5.98. The molecule has 0 fully saturated rings. The van der Waals surface area contributed by atoms with Gasteiger partial charge >= 0.3 is 0 Å². The third-order valence-corrected chi connectivity index (χ3v) is 3.07. The molecule has 0 saturated heterocycles. The summed E-state index contributed by atoms with van der Waals surface area (Å²) in [6, 6.07) is 7.52. The molecule has 1 unspecified atom stereocenters. The maximum Gasteiger partial charge on any atom is 0.227 e. The molecule has 2 N–H and O–H groups in total. The summed E-state index contributed by atoms with van der Waals surface area (Å²) in [6.45, 7) is 5.50. The van der Waals surface area contributed by atoms with E-state index in [9.17, 15) is 4.79 Å². The molecule has 0 aliphatic heterocycles. The smallest absolute Gasteiger partial charge is 0.227 e. The summed E-state index contributed by atoms with van der Waals surface area (Å²) in [5.74, 6) is 0.140. The Kier molecular flexibility index (Phi) is 6.16. The number of halogens is 1. The van der Waals surface area contributed by atoms with Crippen LogP contribution in [0, 0.1) is 5.92 Å². The van der Waals surface area contributed by atoms with Crippen molar-refractivity contribution in [2.75, 3.05) is 20.1 Å². The number of hydrogen-bond donors (Lipinski definition) is 2. The molecule has 0 aliphatic carbocycles. The Morgan fingerprint density at radius 3 is 2.61 bits per heavy atom. The number of likely N-dealkylation sites (N-methyl/N-ethyl adjacent to an activating group) is 1. The van der Waals surface area contributed by atoms with E-state index in [2.05, 4.69) is 10.6 Å². The number of carbonyl (C=O) groups is 1. The molecule has 3 nitrogen and oxygen atoms in total. The topological polar surface area (TPSA) is 41.1 Å². The van der Waals surface area contributed by atoms with Crippen LogP contribution in [0.1, 0.15) is 25.3 Å². The molecule has 0 heterocycles. The van der Waals surface area contributed by atoms with Crippen molar-refractivity contribution in [1.82, 2.24) is 10.6 Å². The summed E-state index contributed by atoms with van der Waals surface area (Å²) in [5.41, 5.74) is 0.972. The molecule has 0 saturated carbocycles. The Morgan fingerprint density at radius 2 is 2.06 bits per heavy atom. The van der Waals surface area contributed by atoms with Crippen molar-refractivity contribution < 1.29 is 4.79 Å². The van der Waals surface area contributed by atoms with Crippen LogP contribution in [0.3, 0.4) is 0 Å². The van der Waals surface area contributed by atoms with E-state index < -0.39 is 0 Å². The highest BCUT2D eigenvalue weighted by Gasteiger charge is 2.23. The molecule has 0 spiro atoms. The van der Waals surface area contributed by atoms with Gasteiger partial charge in [-0.25, -0.2) is 0 Å². The second kappa shape index (κ2) is 7.39. The van der Waals surface area contributed by atoms with Crippen molar-refractivity contribution in [2.24, 2.45) is 5.92 Å². The van der Waals surface area contributed by atoms with E-state index in [1.54, 1.807) is 0 Å². The molecule has 1 rings (SSSR count). The van der Waals surface area contributed by atoms with Crippen molar-refractivity contribution >= 4 is 17.5 Å². The van der Waals surface area contributed by atoms with Gasteiger partial charge in [0.15, 0.2) is 0 Å². The molecular formula is C14H21ClN2O. The highest BCUT2D eigenvalue weighted by Crippen LogP contribution is 2.26. The first-order valence-electron chi connectivity index (χ1n) is 6.24. The van der Waals surface area contributed by atoms with Gasteiger partial charge in [-0.2, -0.15) is 0 Å². The van der Waals surface area contributed by atoms with E-state index >= 15 is 0 Å². The summed E-state index contributed by atoms with van der Waals surface area (Å²) < 4.78 is 0. The maximum atomic E-state index is 12.2. The highest BCUT2D eigenvalue weighted by atomic mass is 35.5. The Bertz CT molecular complexity index is 393. The summed E-state index contributed by atoms with van der Waals surface area (Å²) in [7, 11) is 1.86. The van der Waals surface area contributed by atoms with Crippen LogP contribution in [0.5, 0.6) is 0 Å². The van der Waals surface area contributed by atoms with Gasteiger partial charge < -0.3 is 10.6 Å². The number of amides is 1. The van der Waals surface area contributed by atoms with Gasteiger partial charge in [0.25, 0.3) is 0 Å². The number of rotatable bonds is 6. The second-order valence-electron chi connectivity index (χ2n) is 4.67. The van der Waals surface area contributed by atoms with Crippen LogP contribution in [0.4, 0.5) is 0 Å². The average Bonchev–Trinajstić information content (AvgIpc) is 2.29. The number of hydrogen-bond acceptors (Lipinski definition) is 2. The average molecular weight is 269 g/mol. The predicted molar refractivity (Wildman–Crippen MR) is 76.0 cm³/mol. The van der Waals surface area contributed by atoms with Crippen molar-refractivity contribution in [2.45, 2.75) is 19.8 Å². The Hall–Kier alpha value is -1.06. The van der Waals surface area contributed by atoms with Gasteiger partial charge in [-0.3, -0.25) is 4.79 Å². The van der Waals surface area contributed by atoms with Gasteiger partial charge in [0.1, 0.15) is 0 Å². The minimum absolute atomic E-state index is 0.0579. The Balaban J connectivity index is 2.79. The van der Waals surface area contributed by atoms with Crippen LogP contribution in [-0.4, -0.2) is 26.0 Å². The molecule has 1 aromatic carbocycles. The van der Waals surface area contributed by atoms with Crippen molar-refractivity contribution in [3.63, 3.8) is 0 Å². The lowest BCUT2D eigenvalue weighted by molar-refractivity contribution is -0.123. The van der Waals surface area contributed by atoms with Crippen LogP contribution >= 0.6 is 11.6 Å². The van der Waals surface area contributed by atoms with E-state index in [0.717, 1.165) is 12.1 Å². The van der Waals surface area contributed by atoms with E-state index in [1.165, 1.54) is 0 Å². The minimum atomic E-state index is -0.152.